The van der Waals surface area contributed by atoms with Gasteiger partial charge < -0.3 is 20.7 Å². The van der Waals surface area contributed by atoms with Crippen LogP contribution in [0, 0.1) is 0 Å². The van der Waals surface area contributed by atoms with Crippen molar-refractivity contribution in [1.82, 2.24) is 15.6 Å². The SMILES string of the molecule is O=C(CSc1nc2ccc(NC(=O)C3CCC(=O)N3)cc2s1)NC1CCOC1. The summed E-state index contributed by atoms with van der Waals surface area (Å²) in [6, 6.07) is 5.13. The van der Waals surface area contributed by atoms with E-state index >= 15 is 0 Å². The largest absolute Gasteiger partial charge is 0.379 e. The van der Waals surface area contributed by atoms with Crippen LogP contribution in [-0.4, -0.2) is 53.8 Å². The van der Waals surface area contributed by atoms with E-state index in [1.165, 1.54) is 23.1 Å². The van der Waals surface area contributed by atoms with Crippen LogP contribution in [0.2, 0.25) is 0 Å². The van der Waals surface area contributed by atoms with E-state index in [2.05, 4.69) is 20.9 Å². The van der Waals surface area contributed by atoms with E-state index in [0.29, 0.717) is 37.5 Å². The van der Waals surface area contributed by atoms with Crippen LogP contribution < -0.4 is 16.0 Å². The maximum absolute atomic E-state index is 12.2. The Balaban J connectivity index is 1.34. The minimum atomic E-state index is -0.473. The Labute approximate surface area is 169 Å². The third-order valence-corrected chi connectivity index (χ3v) is 6.73. The molecule has 0 bridgehead atoms. The fourth-order valence-electron chi connectivity index (χ4n) is 3.13. The smallest absolute Gasteiger partial charge is 0.246 e. The van der Waals surface area contributed by atoms with Gasteiger partial charge in [0.25, 0.3) is 0 Å². The van der Waals surface area contributed by atoms with E-state index in [-0.39, 0.29) is 23.8 Å². The Morgan fingerprint density at radius 3 is 3.00 bits per heavy atom. The van der Waals surface area contributed by atoms with Crippen LogP contribution in [0.25, 0.3) is 10.2 Å². The number of fused-ring (bicyclic) bond motifs is 1. The number of hydrogen-bond donors (Lipinski definition) is 3. The van der Waals surface area contributed by atoms with Crippen molar-refractivity contribution in [3.8, 4) is 0 Å². The van der Waals surface area contributed by atoms with Gasteiger partial charge >= 0.3 is 0 Å². The minimum Gasteiger partial charge on any atom is -0.379 e. The molecule has 0 radical (unpaired) electrons. The molecule has 3 amide bonds. The van der Waals surface area contributed by atoms with Crippen molar-refractivity contribution in [1.29, 1.82) is 0 Å². The van der Waals surface area contributed by atoms with E-state index < -0.39 is 6.04 Å². The minimum absolute atomic E-state index is 0.0219. The van der Waals surface area contributed by atoms with E-state index in [9.17, 15) is 14.4 Å². The lowest BCUT2D eigenvalue weighted by Gasteiger charge is -2.10. The van der Waals surface area contributed by atoms with Gasteiger partial charge in [0.05, 0.1) is 28.6 Å². The third-order valence-electron chi connectivity index (χ3n) is 4.57. The number of thioether (sulfide) groups is 1. The summed E-state index contributed by atoms with van der Waals surface area (Å²) in [6.45, 7) is 1.28. The molecule has 148 valence electrons. The number of benzene rings is 1. The molecule has 2 fully saturated rings. The van der Waals surface area contributed by atoms with Gasteiger partial charge in [-0.25, -0.2) is 4.98 Å². The number of carbonyl (C=O) groups is 3. The van der Waals surface area contributed by atoms with Crippen LogP contribution >= 0.6 is 23.1 Å². The Morgan fingerprint density at radius 2 is 2.25 bits per heavy atom. The predicted molar refractivity (Wildman–Crippen MR) is 108 cm³/mol. The van der Waals surface area contributed by atoms with Crippen LogP contribution in [-0.2, 0) is 19.1 Å². The molecule has 0 spiro atoms. The van der Waals surface area contributed by atoms with Crippen LogP contribution in [0.15, 0.2) is 22.5 Å². The molecule has 0 aliphatic carbocycles. The summed E-state index contributed by atoms with van der Waals surface area (Å²) < 4.78 is 6.99. The summed E-state index contributed by atoms with van der Waals surface area (Å²) in [4.78, 5) is 40.0. The van der Waals surface area contributed by atoms with Gasteiger partial charge in [-0.3, -0.25) is 14.4 Å². The monoisotopic (exact) mass is 420 g/mol. The van der Waals surface area contributed by atoms with Gasteiger partial charge in [0.15, 0.2) is 4.34 Å². The van der Waals surface area contributed by atoms with Crippen molar-refractivity contribution in [3.05, 3.63) is 18.2 Å². The molecule has 10 heteroatoms. The zero-order valence-corrected chi connectivity index (χ0v) is 16.7. The van der Waals surface area contributed by atoms with Gasteiger partial charge in [0.2, 0.25) is 17.7 Å². The molecule has 3 N–H and O–H groups in total. The predicted octanol–water partition coefficient (Wildman–Crippen LogP) is 1.51. The number of aromatic nitrogens is 1. The summed E-state index contributed by atoms with van der Waals surface area (Å²) in [6.07, 6.45) is 1.76. The number of anilines is 1. The number of carbonyl (C=O) groups excluding carboxylic acids is 3. The Hall–Kier alpha value is -2.17. The van der Waals surface area contributed by atoms with Gasteiger partial charge in [0, 0.05) is 18.7 Å². The number of nitrogens with one attached hydrogen (secondary N) is 3. The van der Waals surface area contributed by atoms with Gasteiger partial charge in [-0.2, -0.15) is 0 Å². The average Bonchev–Trinajstić information content (AvgIpc) is 3.40. The van der Waals surface area contributed by atoms with Gasteiger partial charge in [-0.05, 0) is 31.0 Å². The molecular weight excluding hydrogens is 400 g/mol. The normalized spacial score (nSPS) is 21.6. The zero-order chi connectivity index (χ0) is 19.5. The molecule has 2 aromatic rings. The lowest BCUT2D eigenvalue weighted by Crippen LogP contribution is -2.37. The second kappa shape index (κ2) is 8.46. The fraction of sp³-hybridized carbons (Fsp3) is 0.444. The summed E-state index contributed by atoms with van der Waals surface area (Å²) >= 11 is 2.88. The number of amides is 3. The Morgan fingerprint density at radius 1 is 1.36 bits per heavy atom. The van der Waals surface area contributed by atoms with E-state index in [0.717, 1.165) is 21.0 Å². The van der Waals surface area contributed by atoms with E-state index in [4.69, 9.17) is 4.74 Å². The number of nitrogens with zero attached hydrogens (tertiary/aromatic N) is 1. The molecule has 1 aromatic carbocycles. The molecule has 4 rings (SSSR count). The standard InChI is InChI=1S/C18H20N4O4S2/c23-15-4-3-13(21-15)17(25)20-10-1-2-12-14(7-10)28-18(22-12)27-9-16(24)19-11-5-6-26-8-11/h1-2,7,11,13H,3-6,8-9H2,(H,19,24)(H,20,25)(H,21,23). The van der Waals surface area contributed by atoms with Crippen LogP contribution in [0.5, 0.6) is 0 Å². The lowest BCUT2D eigenvalue weighted by molar-refractivity contribution is -0.122. The number of thiazole rings is 1. The molecule has 28 heavy (non-hydrogen) atoms. The highest BCUT2D eigenvalue weighted by atomic mass is 32.2. The van der Waals surface area contributed by atoms with Crippen LogP contribution in [0.3, 0.4) is 0 Å². The van der Waals surface area contributed by atoms with Crippen molar-refractivity contribution in [2.75, 3.05) is 24.3 Å². The first-order valence-electron chi connectivity index (χ1n) is 9.07. The molecule has 2 aliphatic rings. The Bertz CT molecular complexity index is 910. The summed E-state index contributed by atoms with van der Waals surface area (Å²) in [7, 11) is 0. The average molecular weight is 421 g/mol. The molecule has 2 unspecified atom stereocenters. The van der Waals surface area contributed by atoms with Crippen LogP contribution in [0.4, 0.5) is 5.69 Å². The second-order valence-corrected chi connectivity index (χ2v) is 8.98. The third kappa shape index (κ3) is 4.62. The molecule has 8 nitrogen and oxygen atoms in total. The first kappa shape index (κ1) is 19.2. The second-order valence-electron chi connectivity index (χ2n) is 6.73. The summed E-state index contributed by atoms with van der Waals surface area (Å²) in [5.74, 6) is -0.0196. The molecule has 2 aliphatic heterocycles. The zero-order valence-electron chi connectivity index (χ0n) is 15.0. The highest BCUT2D eigenvalue weighted by molar-refractivity contribution is 8.01. The van der Waals surface area contributed by atoms with Gasteiger partial charge in [-0.1, -0.05) is 11.8 Å². The van der Waals surface area contributed by atoms with Gasteiger partial charge in [-0.15, -0.1) is 11.3 Å². The van der Waals surface area contributed by atoms with Crippen molar-refractivity contribution in [2.45, 2.75) is 35.7 Å². The summed E-state index contributed by atoms with van der Waals surface area (Å²) in [5, 5.41) is 8.46. The van der Waals surface area contributed by atoms with E-state index in [1.807, 2.05) is 12.1 Å². The molecule has 2 saturated heterocycles. The topological polar surface area (TPSA) is 109 Å². The van der Waals surface area contributed by atoms with E-state index in [1.54, 1.807) is 6.07 Å². The lowest BCUT2D eigenvalue weighted by atomic mass is 10.2. The van der Waals surface area contributed by atoms with Crippen molar-refractivity contribution >= 4 is 56.7 Å². The number of hydrogen-bond acceptors (Lipinski definition) is 7. The molecule has 0 saturated carbocycles. The van der Waals surface area contributed by atoms with Crippen LogP contribution in [0.1, 0.15) is 19.3 Å². The Kier molecular flexibility index (Phi) is 5.79. The van der Waals surface area contributed by atoms with Crippen molar-refractivity contribution in [3.63, 3.8) is 0 Å². The maximum Gasteiger partial charge on any atom is 0.246 e. The highest BCUT2D eigenvalue weighted by Crippen LogP contribution is 2.31. The maximum atomic E-state index is 12.2. The fourth-order valence-corrected chi connectivity index (χ4v) is 5.05. The number of ether oxygens (including phenoxy) is 1. The molecular formula is C18H20N4O4S2. The first-order valence-corrected chi connectivity index (χ1v) is 10.9. The van der Waals surface area contributed by atoms with Crippen molar-refractivity contribution in [2.24, 2.45) is 0 Å². The molecule has 2 atom stereocenters. The first-order chi connectivity index (χ1) is 13.6. The molecule has 3 heterocycles. The summed E-state index contributed by atoms with van der Waals surface area (Å²) in [5.41, 5.74) is 1.49. The quantitative estimate of drug-likeness (QED) is 0.611. The number of rotatable bonds is 6. The van der Waals surface area contributed by atoms with Crippen molar-refractivity contribution < 1.29 is 19.1 Å². The highest BCUT2D eigenvalue weighted by Gasteiger charge is 2.27. The molecule has 1 aromatic heterocycles. The van der Waals surface area contributed by atoms with Gasteiger partial charge in [0.1, 0.15) is 6.04 Å².